The fourth-order valence-corrected chi connectivity index (χ4v) is 5.54. The largest absolute Gasteiger partial charge is 0.358 e. The van der Waals surface area contributed by atoms with Crippen LogP contribution < -0.4 is 5.32 Å². The Kier molecular flexibility index (Phi) is 6.53. The zero-order chi connectivity index (χ0) is 21.7. The van der Waals surface area contributed by atoms with E-state index in [1.54, 1.807) is 24.3 Å². The molecule has 0 spiro atoms. The third-order valence-corrected chi connectivity index (χ3v) is 7.50. The van der Waals surface area contributed by atoms with Crippen molar-refractivity contribution in [2.45, 2.75) is 37.0 Å². The minimum atomic E-state index is -3.62. The number of sulfonamides is 1. The number of piperidine rings is 1. The van der Waals surface area contributed by atoms with Gasteiger partial charge in [-0.1, -0.05) is 48.9 Å². The van der Waals surface area contributed by atoms with E-state index < -0.39 is 10.0 Å². The van der Waals surface area contributed by atoms with Gasteiger partial charge in [-0.3, -0.25) is 4.79 Å². The highest BCUT2D eigenvalue weighted by Gasteiger charge is 2.28. The maximum absolute atomic E-state index is 13.1. The number of aromatic amines is 1. The van der Waals surface area contributed by atoms with Gasteiger partial charge in [0, 0.05) is 30.9 Å². The van der Waals surface area contributed by atoms with Gasteiger partial charge in [0.15, 0.2) is 0 Å². The number of nitrogens with one attached hydrogen (secondary N) is 2. The van der Waals surface area contributed by atoms with Crippen LogP contribution in [-0.4, -0.2) is 36.7 Å². The van der Waals surface area contributed by atoms with E-state index in [2.05, 4.69) is 10.3 Å². The molecule has 2 N–H and O–H groups in total. The van der Waals surface area contributed by atoms with Gasteiger partial charge in [-0.2, -0.15) is 4.31 Å². The highest BCUT2D eigenvalue weighted by Crippen LogP contribution is 2.27. The van der Waals surface area contributed by atoms with Crippen LogP contribution in [0, 0.1) is 0 Å². The molecule has 0 radical (unpaired) electrons. The van der Waals surface area contributed by atoms with Crippen LogP contribution in [0.15, 0.2) is 71.6 Å². The van der Waals surface area contributed by atoms with E-state index in [9.17, 15) is 13.2 Å². The topological polar surface area (TPSA) is 82.3 Å². The molecule has 7 heteroatoms. The van der Waals surface area contributed by atoms with Gasteiger partial charge in [0.2, 0.25) is 15.9 Å². The third-order valence-electron chi connectivity index (χ3n) is 5.55. The van der Waals surface area contributed by atoms with E-state index in [0.29, 0.717) is 25.2 Å². The van der Waals surface area contributed by atoms with E-state index in [0.717, 1.165) is 36.2 Å². The van der Waals surface area contributed by atoms with E-state index in [4.69, 9.17) is 0 Å². The summed E-state index contributed by atoms with van der Waals surface area (Å²) in [6.45, 7) is 1.06. The predicted octanol–water partition coefficient (Wildman–Crippen LogP) is 4.43. The van der Waals surface area contributed by atoms with E-state index in [1.165, 1.54) is 4.31 Å². The molecule has 31 heavy (non-hydrogen) atoms. The summed E-state index contributed by atoms with van der Waals surface area (Å²) in [5, 5.41) is 2.81. The number of aromatic nitrogens is 1. The molecule has 3 aromatic rings. The normalized spacial score (nSPS) is 15.0. The van der Waals surface area contributed by atoms with Gasteiger partial charge in [-0.25, -0.2) is 8.42 Å². The van der Waals surface area contributed by atoms with Crippen molar-refractivity contribution in [2.24, 2.45) is 0 Å². The van der Waals surface area contributed by atoms with Crippen LogP contribution in [0.4, 0.5) is 5.69 Å². The molecule has 0 unspecified atom stereocenters. The number of rotatable bonds is 7. The molecule has 2 aromatic carbocycles. The van der Waals surface area contributed by atoms with Crippen molar-refractivity contribution < 1.29 is 13.2 Å². The predicted molar refractivity (Wildman–Crippen MR) is 122 cm³/mol. The number of para-hydroxylation sites is 1. The summed E-state index contributed by atoms with van der Waals surface area (Å²) in [5.41, 5.74) is 3.40. The summed E-state index contributed by atoms with van der Waals surface area (Å²) < 4.78 is 27.7. The van der Waals surface area contributed by atoms with Crippen molar-refractivity contribution in [2.75, 3.05) is 18.4 Å². The second-order valence-corrected chi connectivity index (χ2v) is 9.68. The molecule has 1 saturated heterocycles. The summed E-state index contributed by atoms with van der Waals surface area (Å²) >= 11 is 0. The fraction of sp³-hybridized carbons (Fsp3) is 0.292. The number of carbonyl (C=O) groups is 1. The Morgan fingerprint density at radius 1 is 0.903 bits per heavy atom. The fourth-order valence-electron chi connectivity index (χ4n) is 3.87. The summed E-state index contributed by atoms with van der Waals surface area (Å²) in [5.74, 6) is -0.211. The van der Waals surface area contributed by atoms with Gasteiger partial charge >= 0.3 is 0 Å². The van der Waals surface area contributed by atoms with Gasteiger partial charge in [0.25, 0.3) is 0 Å². The molecule has 1 fully saturated rings. The Morgan fingerprint density at radius 2 is 1.61 bits per heavy atom. The number of nitrogens with zero attached hydrogens (tertiary/aromatic N) is 1. The van der Waals surface area contributed by atoms with Gasteiger partial charge < -0.3 is 10.3 Å². The molecular weight excluding hydrogens is 410 g/mol. The van der Waals surface area contributed by atoms with E-state index >= 15 is 0 Å². The van der Waals surface area contributed by atoms with E-state index in [1.807, 2.05) is 42.5 Å². The highest BCUT2D eigenvalue weighted by atomic mass is 32.2. The van der Waals surface area contributed by atoms with Gasteiger partial charge in [0.1, 0.15) is 4.90 Å². The Bertz CT molecular complexity index is 1130. The zero-order valence-electron chi connectivity index (χ0n) is 17.4. The first-order valence-corrected chi connectivity index (χ1v) is 12.1. The quantitative estimate of drug-likeness (QED) is 0.574. The van der Waals surface area contributed by atoms with Crippen LogP contribution in [0.2, 0.25) is 0 Å². The van der Waals surface area contributed by atoms with Crippen molar-refractivity contribution in [3.05, 3.63) is 72.4 Å². The lowest BCUT2D eigenvalue weighted by molar-refractivity contribution is -0.116. The van der Waals surface area contributed by atoms with Crippen molar-refractivity contribution in [1.82, 2.24) is 9.29 Å². The van der Waals surface area contributed by atoms with Crippen LogP contribution in [0.3, 0.4) is 0 Å². The average Bonchev–Trinajstić information content (AvgIpc) is 3.28. The number of anilines is 1. The van der Waals surface area contributed by atoms with Crippen molar-refractivity contribution in [1.29, 1.82) is 0 Å². The molecule has 0 bridgehead atoms. The van der Waals surface area contributed by atoms with Crippen LogP contribution >= 0.6 is 0 Å². The maximum Gasteiger partial charge on any atom is 0.245 e. The molecule has 0 saturated carbocycles. The Labute approximate surface area is 183 Å². The van der Waals surface area contributed by atoms with Gasteiger partial charge in [0.05, 0.1) is 5.69 Å². The summed E-state index contributed by atoms with van der Waals surface area (Å²) in [6, 6.07) is 20.6. The summed E-state index contributed by atoms with van der Waals surface area (Å²) in [6.07, 6.45) is 3.59. The van der Waals surface area contributed by atoms with Crippen molar-refractivity contribution in [3.63, 3.8) is 0 Å². The number of amides is 1. The number of H-pyrrole nitrogens is 1. The molecule has 6 nitrogen and oxygen atoms in total. The molecule has 1 aromatic heterocycles. The zero-order valence-corrected chi connectivity index (χ0v) is 18.2. The lowest BCUT2D eigenvalue weighted by Crippen LogP contribution is -2.36. The van der Waals surface area contributed by atoms with Gasteiger partial charge in [-0.15, -0.1) is 0 Å². The minimum absolute atomic E-state index is 0.163. The lowest BCUT2D eigenvalue weighted by Gasteiger charge is -2.26. The number of benzene rings is 2. The number of carbonyl (C=O) groups excluding carboxylic acids is 1. The standard InChI is InChI=1S/C24H27N3O3S/c28-24(16-14-20-13-15-21(25-20)19-9-3-1-4-10-19)26-22-11-5-6-12-23(22)31(29,30)27-17-7-2-8-18-27/h1,3-6,9-13,15,25H,2,7-8,14,16-18H2,(H,26,28). The lowest BCUT2D eigenvalue weighted by atomic mass is 10.2. The van der Waals surface area contributed by atoms with E-state index in [-0.39, 0.29) is 17.2 Å². The Hall–Kier alpha value is -2.90. The number of hydrogen-bond donors (Lipinski definition) is 2. The number of aryl methyl sites for hydroxylation is 1. The summed E-state index contributed by atoms with van der Waals surface area (Å²) in [4.78, 5) is 16.1. The molecule has 1 aliphatic heterocycles. The SMILES string of the molecule is O=C(CCc1ccc(-c2ccccc2)[nH]1)Nc1ccccc1S(=O)(=O)N1CCCCC1. The van der Waals surface area contributed by atoms with Crippen molar-refractivity contribution >= 4 is 21.6 Å². The minimum Gasteiger partial charge on any atom is -0.358 e. The molecular formula is C24H27N3O3S. The first-order valence-electron chi connectivity index (χ1n) is 10.7. The average molecular weight is 438 g/mol. The smallest absolute Gasteiger partial charge is 0.245 e. The summed E-state index contributed by atoms with van der Waals surface area (Å²) in [7, 11) is -3.62. The maximum atomic E-state index is 13.1. The van der Waals surface area contributed by atoms with Gasteiger partial charge in [-0.05, 0) is 49.1 Å². The molecule has 4 rings (SSSR count). The second kappa shape index (κ2) is 9.49. The molecule has 1 amide bonds. The van der Waals surface area contributed by atoms with Crippen LogP contribution in [0.25, 0.3) is 11.3 Å². The molecule has 2 heterocycles. The molecule has 162 valence electrons. The first-order chi connectivity index (χ1) is 15.0. The Morgan fingerprint density at radius 3 is 2.39 bits per heavy atom. The van der Waals surface area contributed by atoms with Crippen LogP contribution in [-0.2, 0) is 21.2 Å². The van der Waals surface area contributed by atoms with Crippen LogP contribution in [0.5, 0.6) is 0 Å². The number of hydrogen-bond acceptors (Lipinski definition) is 3. The molecule has 0 atom stereocenters. The molecule has 0 aliphatic carbocycles. The van der Waals surface area contributed by atoms with Crippen LogP contribution in [0.1, 0.15) is 31.4 Å². The van der Waals surface area contributed by atoms with Crippen molar-refractivity contribution in [3.8, 4) is 11.3 Å². The first kappa shape index (κ1) is 21.3. The highest BCUT2D eigenvalue weighted by molar-refractivity contribution is 7.89. The monoisotopic (exact) mass is 437 g/mol. The third kappa shape index (κ3) is 5.06. The molecule has 1 aliphatic rings. The Balaban J connectivity index is 1.41. The second-order valence-electron chi connectivity index (χ2n) is 7.77.